The molecule has 108 valence electrons. The van der Waals surface area contributed by atoms with Gasteiger partial charge in [-0.1, -0.05) is 24.3 Å². The van der Waals surface area contributed by atoms with Crippen molar-refractivity contribution in [1.82, 2.24) is 0 Å². The Kier molecular flexibility index (Phi) is 4.79. The van der Waals surface area contributed by atoms with Gasteiger partial charge in [0.2, 0.25) is 0 Å². The summed E-state index contributed by atoms with van der Waals surface area (Å²) in [4.78, 5) is 23.2. The van der Waals surface area contributed by atoms with Crippen LogP contribution in [-0.4, -0.2) is 17.1 Å². The average molecular weight is 396 g/mol. The number of rotatable bonds is 3. The van der Waals surface area contributed by atoms with Gasteiger partial charge in [0, 0.05) is 3.57 Å². The molecule has 0 aliphatic carbocycles. The normalized spacial score (nSPS) is 10.0. The van der Waals surface area contributed by atoms with E-state index in [0.717, 1.165) is 3.57 Å². The van der Waals surface area contributed by atoms with E-state index in [9.17, 15) is 9.59 Å². The Morgan fingerprint density at radius 3 is 2.43 bits per heavy atom. The third-order valence-electron chi connectivity index (χ3n) is 2.86. The predicted molar refractivity (Wildman–Crippen MR) is 89.9 cm³/mol. The van der Waals surface area contributed by atoms with E-state index in [1.165, 1.54) is 6.07 Å². The van der Waals surface area contributed by atoms with Crippen LogP contribution in [0.3, 0.4) is 0 Å². The summed E-state index contributed by atoms with van der Waals surface area (Å²) in [6.07, 6.45) is 0. The van der Waals surface area contributed by atoms with Crippen LogP contribution in [0.4, 0.5) is 16.2 Å². The first-order chi connectivity index (χ1) is 9.99. The van der Waals surface area contributed by atoms with Crippen molar-refractivity contribution in [2.75, 3.05) is 10.6 Å². The van der Waals surface area contributed by atoms with Crippen LogP contribution < -0.4 is 10.6 Å². The molecule has 0 atom stereocenters. The predicted octanol–water partition coefficient (Wildman–Crippen LogP) is 3.94. The number of carboxylic acid groups (broad SMARTS) is 1. The molecule has 2 amide bonds. The molecule has 0 aliphatic rings. The van der Waals surface area contributed by atoms with Crippen LogP contribution in [0, 0.1) is 10.5 Å². The van der Waals surface area contributed by atoms with Gasteiger partial charge in [-0.3, -0.25) is 0 Å². The van der Waals surface area contributed by atoms with Crippen LogP contribution in [0.1, 0.15) is 15.9 Å². The van der Waals surface area contributed by atoms with Gasteiger partial charge >= 0.3 is 12.0 Å². The molecule has 0 saturated heterocycles. The van der Waals surface area contributed by atoms with Gasteiger partial charge < -0.3 is 15.7 Å². The molecule has 0 heterocycles. The number of para-hydroxylation sites is 2. The Bertz CT molecular complexity index is 701. The fourth-order valence-corrected chi connectivity index (χ4v) is 2.36. The maximum absolute atomic E-state index is 12.0. The number of carbonyl (C=O) groups excluding carboxylic acids is 1. The summed E-state index contributed by atoms with van der Waals surface area (Å²) in [6, 6.07) is 11.7. The van der Waals surface area contributed by atoms with Gasteiger partial charge in [-0.15, -0.1) is 0 Å². The number of aromatic carboxylic acids is 1. The van der Waals surface area contributed by atoms with E-state index < -0.39 is 12.0 Å². The van der Waals surface area contributed by atoms with Gasteiger partial charge in [-0.25, -0.2) is 9.59 Å². The van der Waals surface area contributed by atoms with Crippen LogP contribution in [0.25, 0.3) is 0 Å². The number of hydrogen-bond acceptors (Lipinski definition) is 2. The lowest BCUT2D eigenvalue weighted by molar-refractivity contribution is 0.0698. The summed E-state index contributed by atoms with van der Waals surface area (Å²) >= 11 is 2.11. The Morgan fingerprint density at radius 1 is 1.05 bits per heavy atom. The van der Waals surface area contributed by atoms with Crippen molar-refractivity contribution in [3.63, 3.8) is 0 Å². The minimum absolute atomic E-state index is 0.0629. The number of benzene rings is 2. The van der Waals surface area contributed by atoms with Crippen molar-refractivity contribution >= 4 is 46.0 Å². The molecule has 21 heavy (non-hydrogen) atoms. The van der Waals surface area contributed by atoms with E-state index in [1.807, 2.05) is 18.2 Å². The summed E-state index contributed by atoms with van der Waals surface area (Å²) in [5, 5.41) is 14.5. The standard InChI is InChI=1S/C15H13IN2O3/c1-9-5-4-6-10(14(19)20)13(9)18-15(21)17-12-8-3-2-7-11(12)16/h2-8H,1H3,(H,19,20)(H2,17,18,21). The van der Waals surface area contributed by atoms with Gasteiger partial charge in [0.1, 0.15) is 0 Å². The number of nitrogens with one attached hydrogen (secondary N) is 2. The second-order valence-corrected chi connectivity index (χ2v) is 5.52. The number of aryl methyl sites for hydroxylation is 1. The highest BCUT2D eigenvalue weighted by Crippen LogP contribution is 2.22. The number of carbonyl (C=O) groups is 2. The van der Waals surface area contributed by atoms with Crippen LogP contribution in [-0.2, 0) is 0 Å². The molecule has 0 radical (unpaired) electrons. The molecule has 2 aromatic rings. The Morgan fingerprint density at radius 2 is 1.76 bits per heavy atom. The smallest absolute Gasteiger partial charge is 0.337 e. The fraction of sp³-hybridized carbons (Fsp3) is 0.0667. The van der Waals surface area contributed by atoms with Crippen molar-refractivity contribution in [3.8, 4) is 0 Å². The van der Waals surface area contributed by atoms with Gasteiger partial charge in [0.05, 0.1) is 16.9 Å². The third kappa shape index (κ3) is 3.72. The Balaban J connectivity index is 2.21. The van der Waals surface area contributed by atoms with Crippen LogP contribution in [0.2, 0.25) is 0 Å². The maximum Gasteiger partial charge on any atom is 0.337 e. The van der Waals surface area contributed by atoms with E-state index in [1.54, 1.807) is 25.1 Å². The number of anilines is 2. The molecule has 0 saturated carbocycles. The zero-order valence-corrected chi connectivity index (χ0v) is 13.3. The topological polar surface area (TPSA) is 78.4 Å². The largest absolute Gasteiger partial charge is 0.478 e. The summed E-state index contributed by atoms with van der Waals surface area (Å²) in [5.41, 5.74) is 1.72. The Hall–Kier alpha value is -2.09. The molecule has 5 nitrogen and oxygen atoms in total. The lowest BCUT2D eigenvalue weighted by Gasteiger charge is -2.13. The molecule has 6 heteroatoms. The number of hydrogen-bond donors (Lipinski definition) is 3. The number of urea groups is 1. The van der Waals surface area contributed by atoms with Crippen molar-refractivity contribution in [1.29, 1.82) is 0 Å². The maximum atomic E-state index is 12.0. The molecule has 0 bridgehead atoms. The highest BCUT2D eigenvalue weighted by Gasteiger charge is 2.14. The fourth-order valence-electron chi connectivity index (χ4n) is 1.84. The van der Waals surface area contributed by atoms with E-state index in [-0.39, 0.29) is 5.56 Å². The molecular weight excluding hydrogens is 383 g/mol. The van der Waals surface area contributed by atoms with E-state index in [2.05, 4.69) is 33.2 Å². The van der Waals surface area contributed by atoms with Crippen molar-refractivity contribution in [2.24, 2.45) is 0 Å². The molecule has 0 fully saturated rings. The van der Waals surface area contributed by atoms with Crippen LogP contribution in [0.5, 0.6) is 0 Å². The Labute approximate surface area is 135 Å². The van der Waals surface area contributed by atoms with Crippen molar-refractivity contribution in [3.05, 3.63) is 57.2 Å². The molecule has 0 unspecified atom stereocenters. The monoisotopic (exact) mass is 396 g/mol. The van der Waals surface area contributed by atoms with Gasteiger partial charge in [0.15, 0.2) is 0 Å². The minimum Gasteiger partial charge on any atom is -0.478 e. The summed E-state index contributed by atoms with van der Waals surface area (Å²) in [6.45, 7) is 1.74. The van der Waals surface area contributed by atoms with Crippen LogP contribution in [0.15, 0.2) is 42.5 Å². The second-order valence-electron chi connectivity index (χ2n) is 4.36. The molecule has 0 aliphatic heterocycles. The third-order valence-corrected chi connectivity index (χ3v) is 3.80. The van der Waals surface area contributed by atoms with Crippen LogP contribution >= 0.6 is 22.6 Å². The molecule has 0 aromatic heterocycles. The summed E-state index contributed by atoms with van der Waals surface area (Å²) in [7, 11) is 0. The molecule has 2 rings (SSSR count). The molecular formula is C15H13IN2O3. The first-order valence-corrected chi connectivity index (χ1v) is 7.22. The van der Waals surface area contributed by atoms with E-state index in [0.29, 0.717) is 16.9 Å². The summed E-state index contributed by atoms with van der Waals surface area (Å²) < 4.78 is 0.897. The number of amides is 2. The lowest BCUT2D eigenvalue weighted by Crippen LogP contribution is -2.22. The molecule has 2 aromatic carbocycles. The zero-order chi connectivity index (χ0) is 15.4. The molecule has 0 spiro atoms. The van der Waals surface area contributed by atoms with Gasteiger partial charge in [-0.2, -0.15) is 0 Å². The first kappa shape index (κ1) is 15.3. The van der Waals surface area contributed by atoms with E-state index >= 15 is 0 Å². The van der Waals surface area contributed by atoms with Gasteiger partial charge in [-0.05, 0) is 53.3 Å². The number of carboxylic acids is 1. The second kappa shape index (κ2) is 6.57. The van der Waals surface area contributed by atoms with Crippen molar-refractivity contribution < 1.29 is 14.7 Å². The highest BCUT2D eigenvalue weighted by atomic mass is 127. The van der Waals surface area contributed by atoms with E-state index in [4.69, 9.17) is 5.11 Å². The minimum atomic E-state index is -1.08. The summed E-state index contributed by atoms with van der Waals surface area (Å²) in [5.74, 6) is -1.08. The zero-order valence-electron chi connectivity index (χ0n) is 11.2. The quantitative estimate of drug-likeness (QED) is 0.688. The van der Waals surface area contributed by atoms with Gasteiger partial charge in [0.25, 0.3) is 0 Å². The lowest BCUT2D eigenvalue weighted by atomic mass is 10.1. The highest BCUT2D eigenvalue weighted by molar-refractivity contribution is 14.1. The average Bonchev–Trinajstić information content (AvgIpc) is 2.43. The number of halogens is 1. The first-order valence-electron chi connectivity index (χ1n) is 6.14. The van der Waals surface area contributed by atoms with Crippen molar-refractivity contribution in [2.45, 2.75) is 6.92 Å². The molecule has 3 N–H and O–H groups in total. The SMILES string of the molecule is Cc1cccc(C(=O)O)c1NC(=O)Nc1ccccc1I.